The molecule has 1 aromatic rings. The molecule has 102 valence electrons. The minimum absolute atomic E-state index is 0.137. The third-order valence-electron chi connectivity index (χ3n) is 1.74. The number of H-pyrrole nitrogens is 1. The van der Waals surface area contributed by atoms with Gasteiger partial charge in [-0.25, -0.2) is 4.39 Å². The first kappa shape index (κ1) is 14.3. The van der Waals surface area contributed by atoms with Crippen LogP contribution < -0.4 is 10.3 Å². The van der Waals surface area contributed by atoms with E-state index >= 15 is 0 Å². The number of alkyl halides is 7. The number of rotatable bonds is 2. The first-order chi connectivity index (χ1) is 8.04. The molecule has 0 aliphatic heterocycles. The van der Waals surface area contributed by atoms with E-state index in [1.54, 1.807) is 0 Å². The van der Waals surface area contributed by atoms with Crippen LogP contribution in [0, 0.1) is 0 Å². The molecular weight excluding hydrogens is 275 g/mol. The summed E-state index contributed by atoms with van der Waals surface area (Å²) < 4.78 is 87.8. The van der Waals surface area contributed by atoms with E-state index < -0.39 is 41.8 Å². The zero-order chi connectivity index (χ0) is 14.1. The summed E-state index contributed by atoms with van der Waals surface area (Å²) >= 11 is 0. The molecule has 0 atom stereocenters. The normalized spacial score (nSPS) is 12.6. The molecular formula is C8H4F7NO2. The zero-order valence-electron chi connectivity index (χ0n) is 8.25. The Bertz CT molecular complexity index is 488. The fourth-order valence-electron chi connectivity index (χ4n) is 1.18. The van der Waals surface area contributed by atoms with Crippen LogP contribution in [0.2, 0.25) is 0 Å². The molecule has 18 heavy (non-hydrogen) atoms. The highest BCUT2D eigenvalue weighted by Crippen LogP contribution is 2.31. The Labute approximate surface area is 94.2 Å². The van der Waals surface area contributed by atoms with Gasteiger partial charge < -0.3 is 4.74 Å². The number of aromatic nitrogens is 1. The van der Waals surface area contributed by atoms with Crippen LogP contribution in [0.5, 0.6) is 5.88 Å². The fraction of sp³-hybridized carbons (Fsp3) is 0.375. The molecule has 0 radical (unpaired) electrons. The standard InChI is InChI=1S/C8H4F7NO2/c9-2-3-1-4(18-8(13,14)15)16-6(17)5(3)7(10,11)12/h1H,2H2,(H,16,17). The van der Waals surface area contributed by atoms with E-state index in [9.17, 15) is 35.5 Å². The van der Waals surface area contributed by atoms with Gasteiger partial charge in [-0.3, -0.25) is 9.78 Å². The van der Waals surface area contributed by atoms with Crippen molar-refractivity contribution in [1.82, 2.24) is 4.98 Å². The Balaban J connectivity index is 3.33. The van der Waals surface area contributed by atoms with E-state index in [1.807, 2.05) is 0 Å². The van der Waals surface area contributed by atoms with Gasteiger partial charge in [-0.15, -0.1) is 13.2 Å². The molecule has 10 heteroatoms. The van der Waals surface area contributed by atoms with Gasteiger partial charge in [-0.1, -0.05) is 0 Å². The number of aromatic amines is 1. The van der Waals surface area contributed by atoms with Gasteiger partial charge in [-0.2, -0.15) is 13.2 Å². The number of ether oxygens (including phenoxy) is 1. The molecule has 0 bridgehead atoms. The zero-order valence-corrected chi connectivity index (χ0v) is 8.25. The number of nitrogens with one attached hydrogen (secondary N) is 1. The Hall–Kier alpha value is -1.74. The minimum Gasteiger partial charge on any atom is -0.390 e. The van der Waals surface area contributed by atoms with Crippen molar-refractivity contribution < 1.29 is 35.5 Å². The minimum atomic E-state index is -5.21. The van der Waals surface area contributed by atoms with Gasteiger partial charge in [0.15, 0.2) is 0 Å². The lowest BCUT2D eigenvalue weighted by atomic mass is 10.1. The molecule has 0 aromatic carbocycles. The maximum atomic E-state index is 12.3. The van der Waals surface area contributed by atoms with Crippen LogP contribution in [0.4, 0.5) is 30.7 Å². The van der Waals surface area contributed by atoms with Gasteiger partial charge in [-0.05, 0) is 0 Å². The monoisotopic (exact) mass is 279 g/mol. The van der Waals surface area contributed by atoms with Gasteiger partial charge >= 0.3 is 12.5 Å². The van der Waals surface area contributed by atoms with Gasteiger partial charge in [0, 0.05) is 11.6 Å². The Kier molecular flexibility index (Phi) is 3.58. The summed E-state index contributed by atoms with van der Waals surface area (Å²) in [5.74, 6) is -1.31. The Morgan fingerprint density at radius 1 is 1.17 bits per heavy atom. The molecule has 1 rings (SSSR count). The summed E-state index contributed by atoms with van der Waals surface area (Å²) in [6.07, 6.45) is -10.4. The van der Waals surface area contributed by atoms with Crippen molar-refractivity contribution >= 4 is 0 Å². The van der Waals surface area contributed by atoms with E-state index in [-0.39, 0.29) is 6.07 Å². The van der Waals surface area contributed by atoms with Crippen LogP contribution in [-0.4, -0.2) is 11.3 Å². The summed E-state index contributed by atoms with van der Waals surface area (Å²) in [7, 11) is 0. The molecule has 0 amide bonds. The Morgan fingerprint density at radius 2 is 1.72 bits per heavy atom. The number of hydrogen-bond donors (Lipinski definition) is 1. The van der Waals surface area contributed by atoms with Crippen molar-refractivity contribution in [3.63, 3.8) is 0 Å². The van der Waals surface area contributed by atoms with Crippen molar-refractivity contribution in [2.75, 3.05) is 0 Å². The van der Waals surface area contributed by atoms with Crippen LogP contribution >= 0.6 is 0 Å². The predicted octanol–water partition coefficient (Wildman–Crippen LogP) is 2.76. The lowest BCUT2D eigenvalue weighted by Crippen LogP contribution is -2.26. The van der Waals surface area contributed by atoms with Crippen molar-refractivity contribution in [1.29, 1.82) is 0 Å². The van der Waals surface area contributed by atoms with Crippen LogP contribution in [0.15, 0.2) is 10.9 Å². The van der Waals surface area contributed by atoms with Gasteiger partial charge in [0.25, 0.3) is 5.56 Å². The molecule has 0 saturated heterocycles. The molecule has 0 aliphatic rings. The van der Waals surface area contributed by atoms with Crippen molar-refractivity contribution in [3.8, 4) is 5.88 Å². The molecule has 0 fully saturated rings. The fourth-order valence-corrected chi connectivity index (χ4v) is 1.18. The van der Waals surface area contributed by atoms with Gasteiger partial charge in [0.05, 0.1) is 0 Å². The molecule has 0 spiro atoms. The van der Waals surface area contributed by atoms with Crippen molar-refractivity contribution in [3.05, 3.63) is 27.5 Å². The van der Waals surface area contributed by atoms with Crippen molar-refractivity contribution in [2.45, 2.75) is 19.2 Å². The number of pyridine rings is 1. The summed E-state index contributed by atoms with van der Waals surface area (Å²) in [5, 5.41) is 0. The van der Waals surface area contributed by atoms with E-state index in [0.29, 0.717) is 0 Å². The second-order valence-electron chi connectivity index (χ2n) is 3.04. The van der Waals surface area contributed by atoms with Crippen LogP contribution in [0.3, 0.4) is 0 Å². The largest absolute Gasteiger partial charge is 0.574 e. The third kappa shape index (κ3) is 3.37. The SMILES string of the molecule is O=c1[nH]c(OC(F)(F)F)cc(CF)c1C(F)(F)F. The summed E-state index contributed by atoms with van der Waals surface area (Å²) in [6.45, 7) is -1.76. The maximum Gasteiger partial charge on any atom is 0.574 e. The second-order valence-corrected chi connectivity index (χ2v) is 3.04. The van der Waals surface area contributed by atoms with Crippen LogP contribution in [0.25, 0.3) is 0 Å². The van der Waals surface area contributed by atoms with E-state index in [4.69, 9.17) is 0 Å². The third-order valence-corrected chi connectivity index (χ3v) is 1.74. The lowest BCUT2D eigenvalue weighted by molar-refractivity contribution is -0.276. The average Bonchev–Trinajstić information content (AvgIpc) is 2.11. The van der Waals surface area contributed by atoms with Crippen LogP contribution in [-0.2, 0) is 12.9 Å². The highest BCUT2D eigenvalue weighted by atomic mass is 19.4. The van der Waals surface area contributed by atoms with Gasteiger partial charge in [0.2, 0.25) is 5.88 Å². The molecule has 1 aromatic heterocycles. The first-order valence-electron chi connectivity index (χ1n) is 4.19. The summed E-state index contributed by atoms with van der Waals surface area (Å²) in [5.41, 5.74) is -5.03. The molecule has 1 heterocycles. The van der Waals surface area contributed by atoms with E-state index in [2.05, 4.69) is 4.74 Å². The van der Waals surface area contributed by atoms with Crippen molar-refractivity contribution in [2.24, 2.45) is 0 Å². The highest BCUT2D eigenvalue weighted by Gasteiger charge is 2.38. The second kappa shape index (κ2) is 4.50. The molecule has 0 unspecified atom stereocenters. The Morgan fingerprint density at radius 3 is 2.11 bits per heavy atom. The maximum absolute atomic E-state index is 12.3. The molecule has 0 aliphatic carbocycles. The number of hydrogen-bond acceptors (Lipinski definition) is 2. The molecule has 0 saturated carbocycles. The predicted molar refractivity (Wildman–Crippen MR) is 43.6 cm³/mol. The smallest absolute Gasteiger partial charge is 0.390 e. The molecule has 3 nitrogen and oxygen atoms in total. The number of halogens is 7. The molecule has 1 N–H and O–H groups in total. The highest BCUT2D eigenvalue weighted by molar-refractivity contribution is 5.31. The first-order valence-corrected chi connectivity index (χ1v) is 4.19. The average molecular weight is 279 g/mol. The quantitative estimate of drug-likeness (QED) is 0.846. The summed E-state index contributed by atoms with van der Waals surface area (Å²) in [6, 6.07) is 0.137. The van der Waals surface area contributed by atoms with Gasteiger partial charge in [0.1, 0.15) is 12.2 Å². The van der Waals surface area contributed by atoms with Crippen LogP contribution in [0.1, 0.15) is 11.1 Å². The lowest BCUT2D eigenvalue weighted by Gasteiger charge is -2.13. The summed E-state index contributed by atoms with van der Waals surface area (Å²) in [4.78, 5) is 12.2. The van der Waals surface area contributed by atoms with E-state index in [0.717, 1.165) is 0 Å². The van der Waals surface area contributed by atoms with E-state index in [1.165, 1.54) is 4.98 Å². The topological polar surface area (TPSA) is 42.1 Å².